The SMILES string of the molecule is Cc1nc(/C(N)=C(\CNc2nccc(OC3CC3)n2)N(C)N)ccc1OCC1CC[C@H]1C(=O)O. The number of nitrogens with zero attached hydrogens (tertiary/aromatic N) is 4. The Balaban J connectivity index is 1.42. The predicted molar refractivity (Wildman–Crippen MR) is 126 cm³/mol. The molecule has 2 fully saturated rings. The highest BCUT2D eigenvalue weighted by Gasteiger charge is 2.37. The van der Waals surface area contributed by atoms with Crippen molar-refractivity contribution in [3.05, 3.63) is 41.5 Å². The lowest BCUT2D eigenvalue weighted by Gasteiger charge is -2.33. The maximum absolute atomic E-state index is 11.2. The van der Waals surface area contributed by atoms with E-state index in [2.05, 4.69) is 20.3 Å². The smallest absolute Gasteiger partial charge is 0.306 e. The average molecular weight is 470 g/mol. The number of aryl methyl sites for hydroxylation is 1. The van der Waals surface area contributed by atoms with Gasteiger partial charge in [0, 0.05) is 25.2 Å². The zero-order valence-corrected chi connectivity index (χ0v) is 19.4. The maximum atomic E-state index is 11.2. The molecule has 2 heterocycles. The van der Waals surface area contributed by atoms with Crippen molar-refractivity contribution in [1.29, 1.82) is 0 Å². The van der Waals surface area contributed by atoms with Gasteiger partial charge in [-0.05, 0) is 44.7 Å². The third kappa shape index (κ3) is 5.66. The largest absolute Gasteiger partial charge is 0.491 e. The van der Waals surface area contributed by atoms with Crippen LogP contribution in [-0.2, 0) is 4.79 Å². The molecule has 2 atom stereocenters. The molecule has 2 aliphatic carbocycles. The molecule has 0 saturated heterocycles. The van der Waals surface area contributed by atoms with Crippen LogP contribution in [0, 0.1) is 18.8 Å². The van der Waals surface area contributed by atoms with Crippen LogP contribution >= 0.6 is 0 Å². The number of nitrogens with one attached hydrogen (secondary N) is 1. The first-order chi connectivity index (χ1) is 16.3. The van der Waals surface area contributed by atoms with Crippen molar-refractivity contribution in [1.82, 2.24) is 20.0 Å². The number of pyridine rings is 1. The van der Waals surface area contributed by atoms with E-state index in [9.17, 15) is 9.90 Å². The molecule has 0 radical (unpaired) electrons. The number of aromatic nitrogens is 3. The second kappa shape index (κ2) is 10.1. The number of likely N-dealkylation sites (N-methyl/N-ethyl adjacent to an activating group) is 1. The van der Waals surface area contributed by atoms with Gasteiger partial charge in [0.2, 0.25) is 11.8 Å². The number of nitrogens with two attached hydrogens (primary N) is 2. The van der Waals surface area contributed by atoms with Gasteiger partial charge in [-0.25, -0.2) is 15.8 Å². The monoisotopic (exact) mass is 469 g/mol. The Hall–Kier alpha value is -3.60. The van der Waals surface area contributed by atoms with Gasteiger partial charge in [0.1, 0.15) is 11.9 Å². The number of aliphatic carboxylic acids is 1. The average Bonchev–Trinajstić information content (AvgIpc) is 3.57. The highest BCUT2D eigenvalue weighted by molar-refractivity contribution is 5.71. The summed E-state index contributed by atoms with van der Waals surface area (Å²) < 4.78 is 11.6. The lowest BCUT2D eigenvalue weighted by molar-refractivity contribution is -0.148. The summed E-state index contributed by atoms with van der Waals surface area (Å²) in [4.78, 5) is 24.4. The molecule has 0 spiro atoms. The van der Waals surface area contributed by atoms with E-state index >= 15 is 0 Å². The van der Waals surface area contributed by atoms with Crippen molar-refractivity contribution < 1.29 is 19.4 Å². The summed E-state index contributed by atoms with van der Waals surface area (Å²) in [5, 5.41) is 13.8. The summed E-state index contributed by atoms with van der Waals surface area (Å²) in [5.41, 5.74) is 8.64. The first-order valence-electron chi connectivity index (χ1n) is 11.4. The van der Waals surface area contributed by atoms with Gasteiger partial charge < -0.3 is 30.6 Å². The van der Waals surface area contributed by atoms with Gasteiger partial charge in [-0.2, -0.15) is 4.98 Å². The quantitative estimate of drug-likeness (QED) is 0.280. The molecule has 0 aromatic carbocycles. The topological polar surface area (TPSA) is 162 Å². The summed E-state index contributed by atoms with van der Waals surface area (Å²) in [7, 11) is 1.69. The molecule has 11 nitrogen and oxygen atoms in total. The Morgan fingerprint density at radius 3 is 2.65 bits per heavy atom. The predicted octanol–water partition coefficient (Wildman–Crippen LogP) is 1.76. The first-order valence-corrected chi connectivity index (χ1v) is 11.4. The Bertz CT molecular complexity index is 1070. The van der Waals surface area contributed by atoms with Gasteiger partial charge in [0.25, 0.3) is 0 Å². The van der Waals surface area contributed by atoms with Gasteiger partial charge in [-0.3, -0.25) is 4.79 Å². The number of carboxylic acids is 1. The Labute approximate surface area is 198 Å². The van der Waals surface area contributed by atoms with E-state index in [-0.39, 0.29) is 24.5 Å². The summed E-state index contributed by atoms with van der Waals surface area (Å²) in [6.07, 6.45) is 5.54. The number of hydrogen-bond donors (Lipinski definition) is 4. The fraction of sp³-hybridized carbons (Fsp3) is 0.478. The molecule has 1 unspecified atom stereocenters. The summed E-state index contributed by atoms with van der Waals surface area (Å²) >= 11 is 0. The van der Waals surface area contributed by atoms with E-state index in [0.29, 0.717) is 53.4 Å². The second-order valence-electron chi connectivity index (χ2n) is 8.73. The van der Waals surface area contributed by atoms with E-state index in [0.717, 1.165) is 19.3 Å². The van der Waals surface area contributed by atoms with Crippen molar-refractivity contribution >= 4 is 17.6 Å². The molecule has 34 heavy (non-hydrogen) atoms. The number of hydrogen-bond acceptors (Lipinski definition) is 10. The van der Waals surface area contributed by atoms with E-state index in [1.807, 2.05) is 6.92 Å². The lowest BCUT2D eigenvalue weighted by Crippen LogP contribution is -2.36. The molecular formula is C23H31N7O4. The van der Waals surface area contributed by atoms with Gasteiger partial charge in [-0.1, -0.05) is 0 Å². The van der Waals surface area contributed by atoms with Crippen molar-refractivity contribution in [3.8, 4) is 11.6 Å². The van der Waals surface area contributed by atoms with E-state index < -0.39 is 5.97 Å². The van der Waals surface area contributed by atoms with Crippen LogP contribution in [0.4, 0.5) is 5.95 Å². The van der Waals surface area contributed by atoms with Gasteiger partial charge in [-0.15, -0.1) is 0 Å². The number of ether oxygens (including phenoxy) is 2. The van der Waals surface area contributed by atoms with Crippen LogP contribution in [0.3, 0.4) is 0 Å². The molecule has 2 saturated carbocycles. The van der Waals surface area contributed by atoms with Crippen LogP contribution < -0.4 is 26.4 Å². The van der Waals surface area contributed by atoms with Gasteiger partial charge in [0.05, 0.1) is 41.9 Å². The highest BCUT2D eigenvalue weighted by Crippen LogP contribution is 2.35. The fourth-order valence-corrected chi connectivity index (χ4v) is 3.71. The molecule has 4 rings (SSSR count). The number of anilines is 1. The van der Waals surface area contributed by atoms with Crippen LogP contribution in [0.25, 0.3) is 5.70 Å². The minimum Gasteiger partial charge on any atom is -0.491 e. The molecule has 0 aliphatic heterocycles. The third-order valence-corrected chi connectivity index (χ3v) is 6.09. The standard InChI is InChI=1S/C23H31N7O4/c1-13-19(33-12-14-3-6-16(14)22(31)32)8-7-17(28-13)21(24)18(30(2)25)11-27-23-26-10-9-20(29-23)34-15-4-5-15/h7-10,14-16H,3-6,11-12,24-25H2,1-2H3,(H,31,32)(H,26,27,29)/b21-18-/t14?,16-/m1/s1. The van der Waals surface area contributed by atoms with E-state index in [4.69, 9.17) is 21.1 Å². The number of carboxylic acid groups (broad SMARTS) is 1. The molecule has 182 valence electrons. The van der Waals surface area contributed by atoms with Crippen LogP contribution in [0.2, 0.25) is 0 Å². The fourth-order valence-electron chi connectivity index (χ4n) is 3.71. The number of hydrazine groups is 1. The molecule has 0 bridgehead atoms. The van der Waals surface area contributed by atoms with Crippen LogP contribution in [0.1, 0.15) is 37.1 Å². The normalized spacial score (nSPS) is 20.1. The Morgan fingerprint density at radius 2 is 2.03 bits per heavy atom. The first kappa shape index (κ1) is 23.6. The zero-order valence-electron chi connectivity index (χ0n) is 19.4. The number of rotatable bonds is 11. The molecule has 11 heteroatoms. The van der Waals surface area contributed by atoms with E-state index in [1.165, 1.54) is 5.01 Å². The van der Waals surface area contributed by atoms with Crippen molar-refractivity contribution in [3.63, 3.8) is 0 Å². The second-order valence-corrected chi connectivity index (χ2v) is 8.73. The molecule has 0 amide bonds. The molecule has 2 aliphatic rings. The van der Waals surface area contributed by atoms with Crippen LogP contribution in [0.15, 0.2) is 30.1 Å². The Morgan fingerprint density at radius 1 is 1.24 bits per heavy atom. The van der Waals surface area contributed by atoms with Crippen molar-refractivity contribution in [2.45, 2.75) is 38.7 Å². The van der Waals surface area contributed by atoms with Crippen molar-refractivity contribution in [2.24, 2.45) is 23.4 Å². The highest BCUT2D eigenvalue weighted by atomic mass is 16.5. The van der Waals surface area contributed by atoms with Crippen molar-refractivity contribution in [2.75, 3.05) is 25.5 Å². The van der Waals surface area contributed by atoms with Crippen LogP contribution in [-0.4, -0.2) is 57.3 Å². The zero-order chi connectivity index (χ0) is 24.2. The molecule has 2 aromatic heterocycles. The van der Waals surface area contributed by atoms with Gasteiger partial charge >= 0.3 is 5.97 Å². The Kier molecular flexibility index (Phi) is 7.01. The molecular weight excluding hydrogens is 438 g/mol. The van der Waals surface area contributed by atoms with E-state index in [1.54, 1.807) is 31.4 Å². The molecule has 2 aromatic rings. The minimum absolute atomic E-state index is 0.0282. The summed E-state index contributed by atoms with van der Waals surface area (Å²) in [6.45, 7) is 2.46. The molecule has 6 N–H and O–H groups in total. The summed E-state index contributed by atoms with van der Waals surface area (Å²) in [5.74, 6) is 6.53. The maximum Gasteiger partial charge on any atom is 0.306 e. The third-order valence-electron chi connectivity index (χ3n) is 6.09. The minimum atomic E-state index is -0.762. The lowest BCUT2D eigenvalue weighted by atomic mass is 9.74. The summed E-state index contributed by atoms with van der Waals surface area (Å²) in [6, 6.07) is 5.28. The number of carbonyl (C=O) groups is 1. The van der Waals surface area contributed by atoms with Crippen LogP contribution in [0.5, 0.6) is 11.6 Å². The van der Waals surface area contributed by atoms with Gasteiger partial charge in [0.15, 0.2) is 0 Å².